The number of carbonyl (C=O) groups excluding carboxylic acids is 1. The van der Waals surface area contributed by atoms with Crippen molar-refractivity contribution in [1.82, 2.24) is 4.98 Å². The summed E-state index contributed by atoms with van der Waals surface area (Å²) < 4.78 is 10.2. The molecule has 1 unspecified atom stereocenters. The Morgan fingerprint density at radius 1 is 1.57 bits per heavy atom. The molecule has 5 nitrogen and oxygen atoms in total. The van der Waals surface area contributed by atoms with Crippen LogP contribution in [0, 0.1) is 0 Å². The van der Waals surface area contributed by atoms with Gasteiger partial charge in [0.2, 0.25) is 0 Å². The number of thiazole rings is 1. The lowest BCUT2D eigenvalue weighted by Crippen LogP contribution is -2.17. The Morgan fingerprint density at radius 3 is 3.14 bits per heavy atom. The number of ether oxygens (including phenoxy) is 1. The second-order valence-corrected chi connectivity index (χ2v) is 5.64. The van der Waals surface area contributed by atoms with E-state index in [0.717, 1.165) is 23.0 Å². The fourth-order valence-corrected chi connectivity index (χ4v) is 2.80. The summed E-state index contributed by atoms with van der Waals surface area (Å²) in [6.07, 6.45) is 3.48. The van der Waals surface area contributed by atoms with E-state index in [-0.39, 0.29) is 12.0 Å². The van der Waals surface area contributed by atoms with Crippen molar-refractivity contribution in [2.45, 2.75) is 39.2 Å². The van der Waals surface area contributed by atoms with E-state index in [1.807, 2.05) is 24.4 Å². The van der Waals surface area contributed by atoms with Crippen molar-refractivity contribution < 1.29 is 13.9 Å². The van der Waals surface area contributed by atoms with Gasteiger partial charge in [-0.3, -0.25) is 4.79 Å². The number of carbonyl (C=O) groups is 1. The second-order valence-electron chi connectivity index (χ2n) is 4.78. The Morgan fingerprint density at radius 2 is 2.43 bits per heavy atom. The van der Waals surface area contributed by atoms with Crippen molar-refractivity contribution in [3.8, 4) is 0 Å². The summed E-state index contributed by atoms with van der Waals surface area (Å²) >= 11 is 1.55. The monoisotopic (exact) mass is 308 g/mol. The number of aryl methyl sites for hydroxylation is 1. The Balaban J connectivity index is 1.78. The topological polar surface area (TPSA) is 64.4 Å². The van der Waals surface area contributed by atoms with E-state index in [9.17, 15) is 4.79 Å². The lowest BCUT2D eigenvalue weighted by Gasteiger charge is -2.10. The largest absolute Gasteiger partial charge is 0.469 e. The minimum atomic E-state index is -0.175. The third-order valence-electron chi connectivity index (χ3n) is 2.90. The van der Waals surface area contributed by atoms with Gasteiger partial charge in [-0.1, -0.05) is 0 Å². The molecule has 0 saturated heterocycles. The molecule has 2 aromatic rings. The molecule has 2 heterocycles. The number of nitrogens with one attached hydrogen (secondary N) is 1. The van der Waals surface area contributed by atoms with Crippen LogP contribution in [0.4, 0.5) is 5.13 Å². The molecule has 0 spiro atoms. The highest BCUT2D eigenvalue weighted by atomic mass is 32.1. The highest BCUT2D eigenvalue weighted by Crippen LogP contribution is 2.18. The molecule has 0 bridgehead atoms. The molecule has 0 radical (unpaired) electrons. The first-order valence-corrected chi connectivity index (χ1v) is 7.94. The number of furan rings is 1. The summed E-state index contributed by atoms with van der Waals surface area (Å²) in [7, 11) is 0. The maximum Gasteiger partial charge on any atom is 0.306 e. The van der Waals surface area contributed by atoms with Crippen LogP contribution in [0.5, 0.6) is 0 Å². The first kappa shape index (κ1) is 15.6. The predicted octanol–water partition coefficient (Wildman–Crippen LogP) is 3.27. The minimum Gasteiger partial charge on any atom is -0.469 e. The molecule has 0 aliphatic heterocycles. The average molecular weight is 308 g/mol. The molecule has 21 heavy (non-hydrogen) atoms. The lowest BCUT2D eigenvalue weighted by atomic mass is 10.2. The van der Waals surface area contributed by atoms with Crippen LogP contribution >= 0.6 is 11.3 Å². The van der Waals surface area contributed by atoms with Gasteiger partial charge in [0.1, 0.15) is 5.76 Å². The quantitative estimate of drug-likeness (QED) is 0.758. The fourth-order valence-electron chi connectivity index (χ4n) is 1.94. The molecule has 0 amide bonds. The van der Waals surface area contributed by atoms with E-state index in [1.54, 1.807) is 17.6 Å². The molecule has 1 atom stereocenters. The van der Waals surface area contributed by atoms with E-state index in [2.05, 4.69) is 17.2 Å². The number of aromatic nitrogens is 1. The zero-order valence-corrected chi connectivity index (χ0v) is 13.1. The number of hydrogen-bond acceptors (Lipinski definition) is 6. The van der Waals surface area contributed by atoms with Crippen LogP contribution in [-0.4, -0.2) is 23.6 Å². The molecular weight excluding hydrogens is 288 g/mol. The number of nitrogens with zero attached hydrogens (tertiary/aromatic N) is 1. The maximum absolute atomic E-state index is 11.3. The van der Waals surface area contributed by atoms with E-state index < -0.39 is 0 Å². The molecule has 1 N–H and O–H groups in total. The lowest BCUT2D eigenvalue weighted by molar-refractivity contribution is -0.143. The molecule has 6 heteroatoms. The number of rotatable bonds is 8. The molecule has 0 aliphatic rings. The van der Waals surface area contributed by atoms with Crippen molar-refractivity contribution in [2.24, 2.45) is 0 Å². The van der Waals surface area contributed by atoms with Crippen LogP contribution in [0.15, 0.2) is 28.2 Å². The van der Waals surface area contributed by atoms with Gasteiger partial charge >= 0.3 is 5.97 Å². The summed E-state index contributed by atoms with van der Waals surface area (Å²) in [5, 5.41) is 6.19. The normalized spacial score (nSPS) is 12.1. The first-order chi connectivity index (χ1) is 10.2. The van der Waals surface area contributed by atoms with E-state index in [0.29, 0.717) is 19.4 Å². The summed E-state index contributed by atoms with van der Waals surface area (Å²) in [4.78, 5) is 15.8. The Hall–Kier alpha value is -1.82. The van der Waals surface area contributed by atoms with Gasteiger partial charge in [-0.05, 0) is 26.0 Å². The van der Waals surface area contributed by atoms with Crippen LogP contribution in [0.2, 0.25) is 0 Å². The first-order valence-electron chi connectivity index (χ1n) is 7.06. The van der Waals surface area contributed by atoms with E-state index >= 15 is 0 Å². The minimum absolute atomic E-state index is 0.175. The molecule has 2 aromatic heterocycles. The molecule has 2 rings (SSSR count). The van der Waals surface area contributed by atoms with Crippen LogP contribution in [0.3, 0.4) is 0 Å². The number of esters is 1. The average Bonchev–Trinajstić information content (AvgIpc) is 3.08. The summed E-state index contributed by atoms with van der Waals surface area (Å²) in [5.74, 6) is 0.778. The molecular formula is C15H20N2O3S. The van der Waals surface area contributed by atoms with Crippen molar-refractivity contribution in [2.75, 3.05) is 11.9 Å². The Kier molecular flexibility index (Phi) is 5.80. The van der Waals surface area contributed by atoms with E-state index in [4.69, 9.17) is 9.15 Å². The third kappa shape index (κ3) is 5.23. The van der Waals surface area contributed by atoms with Gasteiger partial charge in [-0.15, -0.1) is 11.3 Å². The van der Waals surface area contributed by atoms with Crippen molar-refractivity contribution >= 4 is 22.4 Å². The van der Waals surface area contributed by atoms with Gasteiger partial charge in [0.15, 0.2) is 5.13 Å². The van der Waals surface area contributed by atoms with Crippen LogP contribution in [0.1, 0.15) is 31.7 Å². The summed E-state index contributed by atoms with van der Waals surface area (Å²) in [6.45, 7) is 4.32. The molecule has 0 aromatic carbocycles. The smallest absolute Gasteiger partial charge is 0.306 e. The molecule has 0 aliphatic carbocycles. The van der Waals surface area contributed by atoms with Gasteiger partial charge in [-0.2, -0.15) is 0 Å². The van der Waals surface area contributed by atoms with E-state index in [1.165, 1.54) is 0 Å². The van der Waals surface area contributed by atoms with Crippen LogP contribution in [-0.2, 0) is 22.4 Å². The van der Waals surface area contributed by atoms with Gasteiger partial charge < -0.3 is 14.5 Å². The number of anilines is 1. The molecule has 114 valence electrons. The molecule has 0 saturated carbocycles. The van der Waals surface area contributed by atoms with Gasteiger partial charge in [0.05, 0.1) is 25.0 Å². The zero-order chi connectivity index (χ0) is 15.1. The second kappa shape index (κ2) is 7.83. The van der Waals surface area contributed by atoms with Gasteiger partial charge in [0, 0.05) is 24.3 Å². The van der Waals surface area contributed by atoms with Crippen LogP contribution in [0.25, 0.3) is 0 Å². The Bertz CT molecular complexity index is 551. The highest BCUT2D eigenvalue weighted by molar-refractivity contribution is 7.13. The summed E-state index contributed by atoms with van der Waals surface area (Å²) in [6, 6.07) is 4.09. The number of hydrogen-bond donors (Lipinski definition) is 1. The van der Waals surface area contributed by atoms with Crippen molar-refractivity contribution in [3.05, 3.63) is 35.2 Å². The van der Waals surface area contributed by atoms with Crippen LogP contribution < -0.4 is 5.32 Å². The standard InChI is InChI=1S/C15H20N2O3S/c1-3-19-14(18)7-6-12-10-21-15(17-12)16-11(2)9-13-5-4-8-20-13/h4-5,8,10-11H,3,6-7,9H2,1-2H3,(H,16,17). The highest BCUT2D eigenvalue weighted by Gasteiger charge is 2.10. The van der Waals surface area contributed by atoms with Crippen molar-refractivity contribution in [3.63, 3.8) is 0 Å². The third-order valence-corrected chi connectivity index (χ3v) is 3.72. The zero-order valence-electron chi connectivity index (χ0n) is 12.3. The Labute approximate surface area is 128 Å². The van der Waals surface area contributed by atoms with Gasteiger partial charge in [-0.25, -0.2) is 4.98 Å². The van der Waals surface area contributed by atoms with Gasteiger partial charge in [0.25, 0.3) is 0 Å². The molecule has 0 fully saturated rings. The maximum atomic E-state index is 11.3. The fraction of sp³-hybridized carbons (Fsp3) is 0.467. The predicted molar refractivity (Wildman–Crippen MR) is 82.6 cm³/mol. The summed E-state index contributed by atoms with van der Waals surface area (Å²) in [5.41, 5.74) is 0.917. The van der Waals surface area contributed by atoms with Crippen molar-refractivity contribution in [1.29, 1.82) is 0 Å². The SMILES string of the molecule is CCOC(=O)CCc1csc(NC(C)Cc2ccco2)n1.